The first-order valence-corrected chi connectivity index (χ1v) is 5.93. The minimum Gasteiger partial charge on any atom is -0.495 e. The molecule has 0 aliphatic carbocycles. The van der Waals surface area contributed by atoms with Crippen LogP contribution in [0.4, 0.5) is 16.4 Å². The van der Waals surface area contributed by atoms with Gasteiger partial charge in [0.15, 0.2) is 0 Å². The molecule has 0 saturated carbocycles. The fourth-order valence-electron chi connectivity index (χ4n) is 1.54. The first-order chi connectivity index (χ1) is 9.10. The molecule has 2 aromatic rings. The predicted molar refractivity (Wildman–Crippen MR) is 74.1 cm³/mol. The molecule has 0 bridgehead atoms. The van der Waals surface area contributed by atoms with Crippen molar-refractivity contribution >= 4 is 29.2 Å². The predicted octanol–water partition coefficient (Wildman–Crippen LogP) is 3.89. The van der Waals surface area contributed by atoms with Crippen molar-refractivity contribution in [2.24, 2.45) is 0 Å². The molecule has 5 nitrogen and oxygen atoms in total. The molecule has 0 unspecified atom stereocenters. The van der Waals surface area contributed by atoms with E-state index in [9.17, 15) is 4.79 Å². The highest BCUT2D eigenvalue weighted by Gasteiger charge is 2.11. The van der Waals surface area contributed by atoms with Gasteiger partial charge in [0.1, 0.15) is 5.75 Å². The molecule has 1 aromatic carbocycles. The SMILES string of the molecule is COc1cc(Cl)c(C)cc1NC(=O)Nc1ccco1. The van der Waals surface area contributed by atoms with Crippen LogP contribution in [-0.2, 0) is 0 Å². The van der Waals surface area contributed by atoms with Crippen LogP contribution in [0.2, 0.25) is 5.02 Å². The van der Waals surface area contributed by atoms with Crippen LogP contribution in [0.3, 0.4) is 0 Å². The monoisotopic (exact) mass is 280 g/mol. The van der Waals surface area contributed by atoms with Crippen LogP contribution in [-0.4, -0.2) is 13.1 Å². The van der Waals surface area contributed by atoms with Gasteiger partial charge < -0.3 is 14.5 Å². The summed E-state index contributed by atoms with van der Waals surface area (Å²) in [5, 5.41) is 5.80. The van der Waals surface area contributed by atoms with Crippen molar-refractivity contribution in [3.8, 4) is 5.75 Å². The van der Waals surface area contributed by atoms with E-state index in [1.807, 2.05) is 6.92 Å². The number of furan rings is 1. The first kappa shape index (κ1) is 13.3. The number of halogens is 1. The van der Waals surface area contributed by atoms with E-state index < -0.39 is 6.03 Å². The minimum absolute atomic E-state index is 0.363. The molecule has 0 atom stereocenters. The number of hydrogen-bond donors (Lipinski definition) is 2. The van der Waals surface area contributed by atoms with Gasteiger partial charge in [-0.3, -0.25) is 5.32 Å². The van der Waals surface area contributed by atoms with Crippen LogP contribution >= 0.6 is 11.6 Å². The van der Waals surface area contributed by atoms with Crippen molar-refractivity contribution < 1.29 is 13.9 Å². The Labute approximate surface area is 115 Å². The Morgan fingerprint density at radius 1 is 1.37 bits per heavy atom. The molecule has 2 N–H and O–H groups in total. The van der Waals surface area contributed by atoms with Crippen molar-refractivity contribution in [3.63, 3.8) is 0 Å². The summed E-state index contributed by atoms with van der Waals surface area (Å²) in [5.41, 5.74) is 1.38. The summed E-state index contributed by atoms with van der Waals surface area (Å²) in [5.74, 6) is 0.854. The van der Waals surface area contributed by atoms with Gasteiger partial charge in [0, 0.05) is 17.2 Å². The largest absolute Gasteiger partial charge is 0.495 e. The lowest BCUT2D eigenvalue weighted by atomic mass is 10.2. The van der Waals surface area contributed by atoms with E-state index in [0.29, 0.717) is 22.3 Å². The van der Waals surface area contributed by atoms with Gasteiger partial charge >= 0.3 is 6.03 Å². The number of aryl methyl sites for hydroxylation is 1. The topological polar surface area (TPSA) is 63.5 Å². The number of ether oxygens (including phenoxy) is 1. The smallest absolute Gasteiger partial charge is 0.326 e. The number of carbonyl (C=O) groups is 1. The van der Waals surface area contributed by atoms with Crippen molar-refractivity contribution in [2.45, 2.75) is 6.92 Å². The van der Waals surface area contributed by atoms with E-state index in [0.717, 1.165) is 5.56 Å². The van der Waals surface area contributed by atoms with E-state index in [2.05, 4.69) is 10.6 Å². The maximum Gasteiger partial charge on any atom is 0.326 e. The molecule has 19 heavy (non-hydrogen) atoms. The van der Waals surface area contributed by atoms with E-state index in [1.165, 1.54) is 13.4 Å². The lowest BCUT2D eigenvalue weighted by Gasteiger charge is -2.12. The molecular weight excluding hydrogens is 268 g/mol. The van der Waals surface area contributed by atoms with Crippen molar-refractivity contribution in [2.75, 3.05) is 17.7 Å². The van der Waals surface area contributed by atoms with Crippen LogP contribution in [0.1, 0.15) is 5.56 Å². The molecule has 1 heterocycles. The maximum absolute atomic E-state index is 11.8. The van der Waals surface area contributed by atoms with Crippen molar-refractivity contribution in [3.05, 3.63) is 41.1 Å². The van der Waals surface area contributed by atoms with Gasteiger partial charge in [-0.2, -0.15) is 0 Å². The maximum atomic E-state index is 11.8. The van der Waals surface area contributed by atoms with Gasteiger partial charge in [0.2, 0.25) is 5.88 Å². The zero-order valence-electron chi connectivity index (χ0n) is 10.5. The fraction of sp³-hybridized carbons (Fsp3) is 0.154. The molecule has 1 aromatic heterocycles. The fourth-order valence-corrected chi connectivity index (χ4v) is 1.70. The first-order valence-electron chi connectivity index (χ1n) is 5.56. The average molecular weight is 281 g/mol. The summed E-state index contributed by atoms with van der Waals surface area (Å²) in [6.45, 7) is 1.84. The highest BCUT2D eigenvalue weighted by molar-refractivity contribution is 6.31. The zero-order chi connectivity index (χ0) is 13.8. The molecule has 0 spiro atoms. The molecule has 0 fully saturated rings. The third-order valence-electron chi connectivity index (χ3n) is 2.49. The Balaban J connectivity index is 2.14. The molecule has 2 amide bonds. The lowest BCUT2D eigenvalue weighted by molar-refractivity contribution is 0.261. The molecule has 0 saturated heterocycles. The van der Waals surface area contributed by atoms with E-state index in [-0.39, 0.29) is 0 Å². The normalized spacial score (nSPS) is 10.1. The molecule has 0 radical (unpaired) electrons. The van der Waals surface area contributed by atoms with Crippen LogP contribution in [0, 0.1) is 6.92 Å². The Bertz CT molecular complexity index is 582. The number of hydrogen-bond acceptors (Lipinski definition) is 3. The Morgan fingerprint density at radius 2 is 2.16 bits per heavy atom. The molecule has 0 aliphatic heterocycles. The number of methoxy groups -OCH3 is 1. The van der Waals surface area contributed by atoms with Crippen LogP contribution in [0.5, 0.6) is 5.75 Å². The number of anilines is 2. The van der Waals surface area contributed by atoms with E-state index in [1.54, 1.807) is 24.3 Å². The van der Waals surface area contributed by atoms with Gasteiger partial charge in [0.05, 0.1) is 19.1 Å². The van der Waals surface area contributed by atoms with Crippen LogP contribution < -0.4 is 15.4 Å². The second-order valence-corrected chi connectivity index (χ2v) is 4.27. The summed E-state index contributed by atoms with van der Waals surface area (Å²) in [4.78, 5) is 11.8. The third-order valence-corrected chi connectivity index (χ3v) is 2.89. The van der Waals surface area contributed by atoms with Gasteiger partial charge in [-0.05, 0) is 24.6 Å². The van der Waals surface area contributed by atoms with Crippen LogP contribution in [0.25, 0.3) is 0 Å². The van der Waals surface area contributed by atoms with Crippen molar-refractivity contribution in [1.29, 1.82) is 0 Å². The summed E-state index contributed by atoms with van der Waals surface area (Å²) in [6.07, 6.45) is 1.47. The molecular formula is C13H13ClN2O3. The number of urea groups is 1. The van der Waals surface area contributed by atoms with Gasteiger partial charge in [-0.1, -0.05) is 11.6 Å². The number of carbonyl (C=O) groups excluding carboxylic acids is 1. The third kappa shape index (κ3) is 3.20. The standard InChI is InChI=1S/C13H13ClN2O3/c1-8-6-10(11(18-2)7-9(8)14)15-13(17)16-12-4-3-5-19-12/h3-7H,1-2H3,(H2,15,16,17). The van der Waals surface area contributed by atoms with Gasteiger partial charge in [-0.25, -0.2) is 4.79 Å². The number of amides is 2. The van der Waals surface area contributed by atoms with E-state index >= 15 is 0 Å². The minimum atomic E-state index is -0.421. The summed E-state index contributed by atoms with van der Waals surface area (Å²) in [7, 11) is 1.51. The second-order valence-electron chi connectivity index (χ2n) is 3.86. The molecule has 2 rings (SSSR count). The van der Waals surface area contributed by atoms with Gasteiger partial charge in [-0.15, -0.1) is 0 Å². The Kier molecular flexibility index (Phi) is 3.97. The number of nitrogens with one attached hydrogen (secondary N) is 2. The highest BCUT2D eigenvalue weighted by Crippen LogP contribution is 2.30. The quantitative estimate of drug-likeness (QED) is 0.896. The highest BCUT2D eigenvalue weighted by atomic mass is 35.5. The van der Waals surface area contributed by atoms with Crippen molar-refractivity contribution in [1.82, 2.24) is 0 Å². The molecule has 100 valence electrons. The van der Waals surface area contributed by atoms with E-state index in [4.69, 9.17) is 20.8 Å². The lowest BCUT2D eigenvalue weighted by Crippen LogP contribution is -2.19. The Hall–Kier alpha value is -2.14. The second kappa shape index (κ2) is 5.67. The van der Waals surface area contributed by atoms with Gasteiger partial charge in [0.25, 0.3) is 0 Å². The van der Waals surface area contributed by atoms with Crippen LogP contribution in [0.15, 0.2) is 34.9 Å². The zero-order valence-corrected chi connectivity index (χ0v) is 11.2. The number of rotatable bonds is 3. The summed E-state index contributed by atoms with van der Waals surface area (Å²) >= 11 is 5.99. The number of benzene rings is 1. The summed E-state index contributed by atoms with van der Waals surface area (Å²) in [6, 6.07) is 6.30. The molecule has 0 aliphatic rings. The summed E-state index contributed by atoms with van der Waals surface area (Å²) < 4.78 is 10.2. The molecule has 6 heteroatoms. The Morgan fingerprint density at radius 3 is 2.79 bits per heavy atom. The average Bonchev–Trinajstić information content (AvgIpc) is 2.86.